The highest BCUT2D eigenvalue weighted by Gasteiger charge is 2.32. The minimum absolute atomic E-state index is 0.0466. The Morgan fingerprint density at radius 3 is 2.22 bits per heavy atom. The summed E-state index contributed by atoms with van der Waals surface area (Å²) in [5.41, 5.74) is 1.59. The van der Waals surface area contributed by atoms with Crippen molar-refractivity contribution in [3.05, 3.63) is 65.7 Å². The first-order valence-corrected chi connectivity index (χ1v) is 8.64. The summed E-state index contributed by atoms with van der Waals surface area (Å²) >= 11 is 0. The third kappa shape index (κ3) is 8.90. The van der Waals surface area contributed by atoms with E-state index in [-0.39, 0.29) is 18.3 Å². The van der Waals surface area contributed by atoms with Crippen LogP contribution in [0.2, 0.25) is 0 Å². The molecule has 0 saturated heterocycles. The summed E-state index contributed by atoms with van der Waals surface area (Å²) in [5.74, 6) is -0.107. The molecule has 2 aromatic rings. The number of hydrogen-bond donors (Lipinski definition) is 3. The molecule has 0 aliphatic carbocycles. The van der Waals surface area contributed by atoms with Gasteiger partial charge in [-0.1, -0.05) is 48.5 Å². The van der Waals surface area contributed by atoms with Crippen LogP contribution in [-0.2, 0) is 6.42 Å². The molecule has 0 aromatic heterocycles. The van der Waals surface area contributed by atoms with Gasteiger partial charge in [0.2, 0.25) is 0 Å². The number of ether oxygens (including phenoxy) is 1. The van der Waals surface area contributed by atoms with Gasteiger partial charge in [0.15, 0.2) is 0 Å². The van der Waals surface area contributed by atoms with E-state index in [0.717, 1.165) is 19.1 Å². The molecular formula is C20H26F3NO3. The molecule has 27 heavy (non-hydrogen) atoms. The molecule has 4 nitrogen and oxygen atoms in total. The number of aliphatic hydroxyl groups excluding tert-OH is 2. The number of benzene rings is 2. The van der Waals surface area contributed by atoms with Gasteiger partial charge in [-0.05, 0) is 42.5 Å². The van der Waals surface area contributed by atoms with Crippen molar-refractivity contribution >= 4 is 0 Å². The van der Waals surface area contributed by atoms with Crippen LogP contribution in [0.3, 0.4) is 0 Å². The molecule has 7 heteroatoms. The standard InChI is InChI=1S/C19H22F3NO2.CH4O/c20-19(21,22)25-18-9-5-4-8-17(18)14-16(10-11-23-12-13-24)15-6-2-1-3-7-15;1-2/h1-9,16,23-24H,10-14H2;2H,1H3/t16-;/m0./s1. The highest BCUT2D eigenvalue weighted by molar-refractivity contribution is 5.35. The molecule has 1 atom stereocenters. The number of para-hydroxylation sites is 1. The van der Waals surface area contributed by atoms with Gasteiger partial charge in [0, 0.05) is 13.7 Å². The fourth-order valence-corrected chi connectivity index (χ4v) is 2.75. The highest BCUT2D eigenvalue weighted by Crippen LogP contribution is 2.31. The smallest absolute Gasteiger partial charge is 0.406 e. The van der Waals surface area contributed by atoms with Crippen molar-refractivity contribution in [1.82, 2.24) is 5.32 Å². The zero-order chi connectivity index (χ0) is 20.1. The molecule has 2 aromatic carbocycles. The number of rotatable bonds is 9. The van der Waals surface area contributed by atoms with Crippen LogP contribution in [0.5, 0.6) is 5.75 Å². The van der Waals surface area contributed by atoms with Crippen molar-refractivity contribution in [2.75, 3.05) is 26.8 Å². The summed E-state index contributed by atoms with van der Waals surface area (Å²) in [7, 11) is 1.00. The normalized spacial score (nSPS) is 12.1. The lowest BCUT2D eigenvalue weighted by atomic mass is 9.89. The Kier molecular flexibility index (Phi) is 10.5. The van der Waals surface area contributed by atoms with E-state index >= 15 is 0 Å². The number of halogens is 3. The second-order valence-corrected chi connectivity index (χ2v) is 5.73. The molecule has 0 spiro atoms. The van der Waals surface area contributed by atoms with Crippen LogP contribution in [0.25, 0.3) is 0 Å². The lowest BCUT2D eigenvalue weighted by Gasteiger charge is -2.20. The SMILES string of the molecule is CO.OCCNCC[C@@H](Cc1ccccc1OC(F)(F)F)c1ccccc1. The topological polar surface area (TPSA) is 61.7 Å². The maximum Gasteiger partial charge on any atom is 0.573 e. The summed E-state index contributed by atoms with van der Waals surface area (Å²) in [6.45, 7) is 1.22. The predicted molar refractivity (Wildman–Crippen MR) is 98.7 cm³/mol. The predicted octanol–water partition coefficient (Wildman–Crippen LogP) is 3.49. The van der Waals surface area contributed by atoms with Gasteiger partial charge in [0.1, 0.15) is 5.75 Å². The number of hydrogen-bond acceptors (Lipinski definition) is 4. The lowest BCUT2D eigenvalue weighted by molar-refractivity contribution is -0.274. The van der Waals surface area contributed by atoms with E-state index < -0.39 is 6.36 Å². The number of nitrogens with one attached hydrogen (secondary N) is 1. The number of aliphatic hydroxyl groups is 2. The van der Waals surface area contributed by atoms with Crippen molar-refractivity contribution in [1.29, 1.82) is 0 Å². The lowest BCUT2D eigenvalue weighted by Crippen LogP contribution is -2.22. The summed E-state index contributed by atoms with van der Waals surface area (Å²) in [6, 6.07) is 15.9. The van der Waals surface area contributed by atoms with E-state index in [4.69, 9.17) is 10.2 Å². The van der Waals surface area contributed by atoms with Gasteiger partial charge in [-0.15, -0.1) is 13.2 Å². The molecule has 0 saturated carbocycles. The van der Waals surface area contributed by atoms with Crippen LogP contribution < -0.4 is 10.1 Å². The fourth-order valence-electron chi connectivity index (χ4n) is 2.75. The zero-order valence-electron chi connectivity index (χ0n) is 15.2. The Labute approximate surface area is 157 Å². The van der Waals surface area contributed by atoms with Gasteiger partial charge in [-0.2, -0.15) is 0 Å². The largest absolute Gasteiger partial charge is 0.573 e. The van der Waals surface area contributed by atoms with Crippen LogP contribution in [0.4, 0.5) is 13.2 Å². The first-order valence-electron chi connectivity index (χ1n) is 8.64. The molecule has 0 amide bonds. The molecule has 0 fully saturated rings. The monoisotopic (exact) mass is 385 g/mol. The maximum absolute atomic E-state index is 12.6. The molecule has 0 bridgehead atoms. The van der Waals surface area contributed by atoms with Crippen molar-refractivity contribution in [3.8, 4) is 5.75 Å². The molecule has 0 heterocycles. The fraction of sp³-hybridized carbons (Fsp3) is 0.400. The summed E-state index contributed by atoms with van der Waals surface area (Å²) in [6.07, 6.45) is -3.53. The highest BCUT2D eigenvalue weighted by atomic mass is 19.4. The van der Waals surface area contributed by atoms with Gasteiger partial charge < -0.3 is 20.3 Å². The van der Waals surface area contributed by atoms with E-state index in [1.165, 1.54) is 12.1 Å². The molecule has 0 radical (unpaired) electrons. The van der Waals surface area contributed by atoms with Crippen molar-refractivity contribution < 1.29 is 28.1 Å². The Morgan fingerprint density at radius 2 is 1.59 bits per heavy atom. The second kappa shape index (κ2) is 12.3. The number of alkyl halides is 3. The van der Waals surface area contributed by atoms with Crippen LogP contribution in [0, 0.1) is 0 Å². The van der Waals surface area contributed by atoms with Crippen LogP contribution >= 0.6 is 0 Å². The van der Waals surface area contributed by atoms with Gasteiger partial charge in [-0.25, -0.2) is 0 Å². The van der Waals surface area contributed by atoms with Crippen molar-refractivity contribution in [2.24, 2.45) is 0 Å². The van der Waals surface area contributed by atoms with Gasteiger partial charge >= 0.3 is 6.36 Å². The van der Waals surface area contributed by atoms with Crippen LogP contribution in [0.15, 0.2) is 54.6 Å². The molecule has 0 unspecified atom stereocenters. The van der Waals surface area contributed by atoms with E-state index in [0.29, 0.717) is 25.1 Å². The average Bonchev–Trinajstić information content (AvgIpc) is 2.67. The Morgan fingerprint density at radius 1 is 0.963 bits per heavy atom. The summed E-state index contributed by atoms with van der Waals surface area (Å²) in [5, 5.41) is 19.0. The Hall–Kier alpha value is -2.09. The van der Waals surface area contributed by atoms with Gasteiger partial charge in [-0.3, -0.25) is 0 Å². The van der Waals surface area contributed by atoms with Gasteiger partial charge in [0.05, 0.1) is 6.61 Å². The quantitative estimate of drug-likeness (QED) is 0.579. The first kappa shape index (κ1) is 23.0. The van der Waals surface area contributed by atoms with Gasteiger partial charge in [0.25, 0.3) is 0 Å². The van der Waals surface area contributed by atoms with Crippen LogP contribution in [-0.4, -0.2) is 43.4 Å². The van der Waals surface area contributed by atoms with Crippen LogP contribution in [0.1, 0.15) is 23.5 Å². The van der Waals surface area contributed by atoms with Crippen molar-refractivity contribution in [2.45, 2.75) is 25.1 Å². The van der Waals surface area contributed by atoms with E-state index in [2.05, 4.69) is 10.1 Å². The molecular weight excluding hydrogens is 359 g/mol. The Bertz CT molecular complexity index is 636. The Balaban J connectivity index is 0.00000176. The third-order valence-corrected chi connectivity index (χ3v) is 3.89. The van der Waals surface area contributed by atoms with E-state index in [1.54, 1.807) is 12.1 Å². The van der Waals surface area contributed by atoms with Crippen molar-refractivity contribution in [3.63, 3.8) is 0 Å². The summed E-state index contributed by atoms with van der Waals surface area (Å²) < 4.78 is 42.0. The zero-order valence-corrected chi connectivity index (χ0v) is 15.2. The molecule has 150 valence electrons. The van der Waals surface area contributed by atoms with E-state index in [9.17, 15) is 13.2 Å². The van der Waals surface area contributed by atoms with E-state index in [1.807, 2.05) is 30.3 Å². The minimum Gasteiger partial charge on any atom is -0.406 e. The maximum atomic E-state index is 12.6. The molecule has 0 aliphatic heterocycles. The first-order chi connectivity index (χ1) is 13.0. The minimum atomic E-state index is -4.71. The second-order valence-electron chi connectivity index (χ2n) is 5.73. The third-order valence-electron chi connectivity index (χ3n) is 3.89. The molecule has 3 N–H and O–H groups in total. The average molecular weight is 385 g/mol. The molecule has 2 rings (SSSR count). The molecule has 0 aliphatic rings. The summed E-state index contributed by atoms with van der Waals surface area (Å²) in [4.78, 5) is 0.